The van der Waals surface area contributed by atoms with E-state index in [1.807, 2.05) is 25.1 Å². The average molecular weight is 310 g/mol. The molecule has 0 aliphatic heterocycles. The summed E-state index contributed by atoms with van der Waals surface area (Å²) in [7, 11) is 0. The number of benzene rings is 1. The van der Waals surface area contributed by atoms with Gasteiger partial charge in [0.05, 0.1) is 12.1 Å². The van der Waals surface area contributed by atoms with Crippen LogP contribution in [0.5, 0.6) is 0 Å². The predicted molar refractivity (Wildman–Crippen MR) is 86.6 cm³/mol. The number of nitrogens with two attached hydrogens (primary N) is 1. The number of aromatic amines is 1. The third-order valence-corrected chi connectivity index (χ3v) is 4.05. The smallest absolute Gasteiger partial charge is 0.234 e. The highest BCUT2D eigenvalue weighted by Gasteiger charge is 2.26. The van der Waals surface area contributed by atoms with Crippen LogP contribution >= 0.6 is 0 Å². The summed E-state index contributed by atoms with van der Waals surface area (Å²) in [6.07, 6.45) is 4.62. The Morgan fingerprint density at radius 2 is 2.26 bits per heavy atom. The van der Waals surface area contributed by atoms with E-state index in [0.717, 1.165) is 5.56 Å². The van der Waals surface area contributed by atoms with Crippen molar-refractivity contribution in [2.24, 2.45) is 5.73 Å². The largest absolute Gasteiger partial charge is 0.368 e. The average Bonchev–Trinajstić information content (AvgIpc) is 3.12. The van der Waals surface area contributed by atoms with E-state index in [1.54, 1.807) is 6.20 Å². The SMILES string of the molecule is CC1=CC(N[C@@H](Cc2cnc(C=O)[nH]2)C(N)=O)c2ccccc21. The van der Waals surface area contributed by atoms with E-state index < -0.39 is 11.9 Å². The van der Waals surface area contributed by atoms with E-state index in [9.17, 15) is 9.59 Å². The maximum atomic E-state index is 11.8. The van der Waals surface area contributed by atoms with Crippen LogP contribution in [-0.4, -0.2) is 28.2 Å². The Balaban J connectivity index is 1.78. The Bertz CT molecular complexity index is 778. The van der Waals surface area contributed by atoms with Gasteiger partial charge in [-0.25, -0.2) is 4.98 Å². The molecule has 1 unspecified atom stereocenters. The van der Waals surface area contributed by atoms with Crippen LogP contribution in [0.4, 0.5) is 0 Å². The number of allylic oxidation sites excluding steroid dienone is 1. The van der Waals surface area contributed by atoms with Crippen molar-refractivity contribution in [3.8, 4) is 0 Å². The summed E-state index contributed by atoms with van der Waals surface area (Å²) in [6, 6.07) is 7.46. The molecule has 6 heteroatoms. The van der Waals surface area contributed by atoms with Crippen LogP contribution in [-0.2, 0) is 11.2 Å². The lowest BCUT2D eigenvalue weighted by molar-refractivity contribution is -0.120. The van der Waals surface area contributed by atoms with Gasteiger partial charge < -0.3 is 10.7 Å². The molecule has 2 aromatic rings. The Kier molecular flexibility index (Phi) is 4.08. The van der Waals surface area contributed by atoms with Gasteiger partial charge in [0.25, 0.3) is 0 Å². The standard InChI is InChI=1S/C17H18N4O2/c1-10-6-14(13-5-3-2-4-12(10)13)21-15(17(18)23)7-11-8-19-16(9-22)20-11/h2-6,8-9,14-15,21H,7H2,1H3,(H2,18,23)(H,19,20)/t14?,15-/m0/s1. The highest BCUT2D eigenvalue weighted by molar-refractivity contribution is 5.81. The summed E-state index contributed by atoms with van der Waals surface area (Å²) in [4.78, 5) is 29.2. The Hall–Kier alpha value is -2.73. The van der Waals surface area contributed by atoms with Crippen molar-refractivity contribution in [2.45, 2.75) is 25.4 Å². The summed E-state index contributed by atoms with van der Waals surface area (Å²) >= 11 is 0. The number of primary amides is 1. The van der Waals surface area contributed by atoms with Crippen LogP contribution in [0.2, 0.25) is 0 Å². The number of aromatic nitrogens is 2. The number of imidazole rings is 1. The second kappa shape index (κ2) is 6.18. The number of H-pyrrole nitrogens is 1. The molecular weight excluding hydrogens is 292 g/mol. The zero-order valence-corrected chi connectivity index (χ0v) is 12.7. The number of aldehydes is 1. The van der Waals surface area contributed by atoms with Gasteiger partial charge in [0, 0.05) is 18.3 Å². The summed E-state index contributed by atoms with van der Waals surface area (Å²) < 4.78 is 0. The maximum absolute atomic E-state index is 11.8. The van der Waals surface area contributed by atoms with Crippen molar-refractivity contribution in [1.29, 1.82) is 0 Å². The van der Waals surface area contributed by atoms with Gasteiger partial charge >= 0.3 is 0 Å². The molecule has 0 radical (unpaired) electrons. The number of nitrogens with one attached hydrogen (secondary N) is 2. The number of carbonyl (C=O) groups excluding carboxylic acids is 2. The fraction of sp³-hybridized carbons (Fsp3) is 0.235. The molecule has 6 nitrogen and oxygen atoms in total. The first kappa shape index (κ1) is 15.2. The fourth-order valence-corrected chi connectivity index (χ4v) is 2.91. The first-order valence-corrected chi connectivity index (χ1v) is 7.40. The molecule has 1 aromatic heterocycles. The Morgan fingerprint density at radius 1 is 1.48 bits per heavy atom. The second-order valence-electron chi connectivity index (χ2n) is 5.65. The number of carbonyl (C=O) groups is 2. The molecule has 4 N–H and O–H groups in total. The first-order chi connectivity index (χ1) is 11.1. The van der Waals surface area contributed by atoms with E-state index in [4.69, 9.17) is 5.73 Å². The molecule has 1 aliphatic rings. The lowest BCUT2D eigenvalue weighted by atomic mass is 10.0. The van der Waals surface area contributed by atoms with Crippen molar-refractivity contribution in [2.75, 3.05) is 0 Å². The number of nitrogens with zero attached hydrogens (tertiary/aromatic N) is 1. The molecule has 1 aliphatic carbocycles. The molecule has 0 bridgehead atoms. The van der Waals surface area contributed by atoms with Crippen molar-refractivity contribution >= 4 is 17.8 Å². The lowest BCUT2D eigenvalue weighted by Gasteiger charge is -2.20. The number of amides is 1. The van der Waals surface area contributed by atoms with Crippen LogP contribution in [0.1, 0.15) is 40.4 Å². The van der Waals surface area contributed by atoms with Gasteiger partial charge in [-0.05, 0) is 23.6 Å². The molecular formula is C17H18N4O2. The van der Waals surface area contributed by atoms with Gasteiger partial charge in [0.1, 0.15) is 0 Å². The molecule has 2 atom stereocenters. The van der Waals surface area contributed by atoms with Gasteiger partial charge in [0.2, 0.25) is 5.91 Å². The quantitative estimate of drug-likeness (QED) is 0.701. The molecule has 23 heavy (non-hydrogen) atoms. The van der Waals surface area contributed by atoms with Crippen LogP contribution < -0.4 is 11.1 Å². The van der Waals surface area contributed by atoms with Crippen LogP contribution in [0.15, 0.2) is 36.5 Å². The number of rotatable bonds is 6. The molecule has 1 heterocycles. The van der Waals surface area contributed by atoms with Crippen LogP contribution in [0, 0.1) is 0 Å². The summed E-state index contributed by atoms with van der Waals surface area (Å²) in [5, 5.41) is 3.29. The first-order valence-electron chi connectivity index (χ1n) is 7.40. The monoisotopic (exact) mass is 310 g/mol. The van der Waals surface area contributed by atoms with E-state index in [2.05, 4.69) is 27.4 Å². The minimum atomic E-state index is -0.560. The minimum absolute atomic E-state index is 0.0582. The van der Waals surface area contributed by atoms with Crippen molar-refractivity contribution < 1.29 is 9.59 Å². The topological polar surface area (TPSA) is 101 Å². The maximum Gasteiger partial charge on any atom is 0.234 e. The highest BCUT2D eigenvalue weighted by Crippen LogP contribution is 2.34. The van der Waals surface area contributed by atoms with Crippen molar-refractivity contribution in [3.63, 3.8) is 0 Å². The zero-order valence-electron chi connectivity index (χ0n) is 12.7. The Morgan fingerprint density at radius 3 is 2.96 bits per heavy atom. The van der Waals surface area contributed by atoms with Gasteiger partial charge in [-0.1, -0.05) is 30.3 Å². The van der Waals surface area contributed by atoms with Gasteiger partial charge in [-0.3, -0.25) is 14.9 Å². The van der Waals surface area contributed by atoms with E-state index >= 15 is 0 Å². The van der Waals surface area contributed by atoms with E-state index in [1.165, 1.54) is 11.1 Å². The Labute approximate surface area is 133 Å². The van der Waals surface area contributed by atoms with E-state index in [-0.39, 0.29) is 11.9 Å². The molecule has 0 fully saturated rings. The van der Waals surface area contributed by atoms with Crippen LogP contribution in [0.25, 0.3) is 5.57 Å². The van der Waals surface area contributed by atoms with Crippen molar-refractivity contribution in [1.82, 2.24) is 15.3 Å². The number of hydrogen-bond acceptors (Lipinski definition) is 4. The van der Waals surface area contributed by atoms with Gasteiger partial charge in [-0.2, -0.15) is 0 Å². The molecule has 118 valence electrons. The molecule has 0 saturated carbocycles. The molecule has 1 amide bonds. The lowest BCUT2D eigenvalue weighted by Crippen LogP contribution is -2.44. The van der Waals surface area contributed by atoms with Crippen molar-refractivity contribution in [3.05, 3.63) is 59.2 Å². The third-order valence-electron chi connectivity index (χ3n) is 4.05. The highest BCUT2D eigenvalue weighted by atomic mass is 16.1. The zero-order chi connectivity index (χ0) is 16.4. The van der Waals surface area contributed by atoms with E-state index in [0.29, 0.717) is 18.4 Å². The summed E-state index contributed by atoms with van der Waals surface area (Å²) in [5.74, 6) is -0.201. The van der Waals surface area contributed by atoms with Gasteiger partial charge in [0.15, 0.2) is 12.1 Å². The van der Waals surface area contributed by atoms with Gasteiger partial charge in [-0.15, -0.1) is 0 Å². The second-order valence-corrected chi connectivity index (χ2v) is 5.65. The van der Waals surface area contributed by atoms with Crippen LogP contribution in [0.3, 0.4) is 0 Å². The number of fused-ring (bicyclic) bond motifs is 1. The molecule has 0 spiro atoms. The fourth-order valence-electron chi connectivity index (χ4n) is 2.91. The summed E-state index contributed by atoms with van der Waals surface area (Å²) in [5.41, 5.74) is 9.71. The minimum Gasteiger partial charge on any atom is -0.368 e. The molecule has 3 rings (SSSR count). The predicted octanol–water partition coefficient (Wildman–Crippen LogP) is 1.37. The molecule has 1 aromatic carbocycles. The number of hydrogen-bond donors (Lipinski definition) is 3. The molecule has 0 saturated heterocycles. The third kappa shape index (κ3) is 3.07. The summed E-state index contributed by atoms with van der Waals surface area (Å²) in [6.45, 7) is 2.05. The normalized spacial score (nSPS) is 17.4.